The Morgan fingerprint density at radius 3 is 2.95 bits per heavy atom. The van der Waals surface area contributed by atoms with E-state index in [-0.39, 0.29) is 5.02 Å². The highest BCUT2D eigenvalue weighted by molar-refractivity contribution is 6.33. The highest BCUT2D eigenvalue weighted by atomic mass is 35.5. The molecule has 1 fully saturated rings. The number of hydrogen-bond donors (Lipinski definition) is 1. The van der Waals surface area contributed by atoms with Crippen molar-refractivity contribution < 1.29 is 8.91 Å². The van der Waals surface area contributed by atoms with Crippen molar-refractivity contribution in [2.45, 2.75) is 38.3 Å². The zero-order valence-corrected chi connectivity index (χ0v) is 11.7. The molecule has 106 valence electrons. The maximum Gasteiger partial charge on any atom is 0.240 e. The standard InChI is InChI=1S/C14H15ClFN3O/c15-13-10(6-3-7-11(13)16)14-18-12(20-19-14)8-17-9-4-1-2-5-9/h3,6-7,9,17H,1-2,4-5,8H2. The fraction of sp³-hybridized carbons (Fsp3) is 0.429. The summed E-state index contributed by atoms with van der Waals surface area (Å²) in [4.78, 5) is 4.25. The molecule has 20 heavy (non-hydrogen) atoms. The Bertz CT molecular complexity index is 596. The molecule has 1 heterocycles. The van der Waals surface area contributed by atoms with E-state index in [4.69, 9.17) is 16.1 Å². The summed E-state index contributed by atoms with van der Waals surface area (Å²) in [6, 6.07) is 5.07. The fourth-order valence-corrected chi connectivity index (χ4v) is 2.68. The largest absolute Gasteiger partial charge is 0.338 e. The van der Waals surface area contributed by atoms with E-state index < -0.39 is 5.82 Å². The number of nitrogens with one attached hydrogen (secondary N) is 1. The van der Waals surface area contributed by atoms with Gasteiger partial charge in [0.15, 0.2) is 0 Å². The number of rotatable bonds is 4. The third-order valence-electron chi connectivity index (χ3n) is 3.56. The van der Waals surface area contributed by atoms with Gasteiger partial charge in [0.2, 0.25) is 11.7 Å². The van der Waals surface area contributed by atoms with Crippen molar-refractivity contribution in [3.63, 3.8) is 0 Å². The number of aromatic nitrogens is 2. The number of benzene rings is 1. The second-order valence-electron chi connectivity index (χ2n) is 4.98. The first-order valence-electron chi connectivity index (χ1n) is 6.74. The molecule has 3 rings (SSSR count). The summed E-state index contributed by atoms with van der Waals surface area (Å²) in [6.45, 7) is 0.532. The smallest absolute Gasteiger partial charge is 0.240 e. The number of hydrogen-bond acceptors (Lipinski definition) is 4. The Morgan fingerprint density at radius 1 is 1.35 bits per heavy atom. The van der Waals surface area contributed by atoms with Crippen molar-refractivity contribution >= 4 is 11.6 Å². The average molecular weight is 296 g/mol. The normalized spacial score (nSPS) is 15.9. The van der Waals surface area contributed by atoms with Gasteiger partial charge < -0.3 is 9.84 Å². The van der Waals surface area contributed by atoms with E-state index in [1.807, 2.05) is 0 Å². The topological polar surface area (TPSA) is 51.0 Å². The zero-order chi connectivity index (χ0) is 13.9. The van der Waals surface area contributed by atoms with Crippen molar-refractivity contribution in [2.24, 2.45) is 0 Å². The molecule has 1 aromatic heterocycles. The molecular weight excluding hydrogens is 281 g/mol. The molecule has 0 amide bonds. The van der Waals surface area contributed by atoms with Crippen molar-refractivity contribution in [1.82, 2.24) is 15.5 Å². The minimum absolute atomic E-state index is 0.0172. The monoisotopic (exact) mass is 295 g/mol. The van der Waals surface area contributed by atoms with Gasteiger partial charge in [-0.3, -0.25) is 0 Å². The summed E-state index contributed by atoms with van der Waals surface area (Å²) in [7, 11) is 0. The van der Waals surface area contributed by atoms with Crippen LogP contribution in [0.25, 0.3) is 11.4 Å². The SMILES string of the molecule is Fc1cccc(-c2noc(CNC3CCCC3)n2)c1Cl. The van der Waals surface area contributed by atoms with Crippen LogP contribution in [0.15, 0.2) is 22.7 Å². The van der Waals surface area contributed by atoms with Gasteiger partial charge in [-0.05, 0) is 25.0 Å². The average Bonchev–Trinajstić information content (AvgIpc) is 3.10. The van der Waals surface area contributed by atoms with E-state index >= 15 is 0 Å². The maximum absolute atomic E-state index is 13.4. The van der Waals surface area contributed by atoms with Crippen LogP contribution < -0.4 is 5.32 Å². The number of halogens is 2. The van der Waals surface area contributed by atoms with Gasteiger partial charge in [-0.25, -0.2) is 4.39 Å². The Kier molecular flexibility index (Phi) is 3.98. The van der Waals surface area contributed by atoms with Crippen molar-refractivity contribution in [3.05, 3.63) is 34.9 Å². The van der Waals surface area contributed by atoms with E-state index in [0.717, 1.165) is 0 Å². The van der Waals surface area contributed by atoms with Gasteiger partial charge in [0.25, 0.3) is 0 Å². The lowest BCUT2D eigenvalue weighted by Gasteiger charge is -2.08. The highest BCUT2D eigenvalue weighted by Gasteiger charge is 2.17. The molecule has 0 atom stereocenters. The van der Waals surface area contributed by atoms with Crippen LogP contribution >= 0.6 is 11.6 Å². The second kappa shape index (κ2) is 5.89. The van der Waals surface area contributed by atoms with Crippen LogP contribution in [0.4, 0.5) is 4.39 Å². The van der Waals surface area contributed by atoms with Crippen LogP contribution in [0, 0.1) is 5.82 Å². The maximum atomic E-state index is 13.4. The van der Waals surface area contributed by atoms with E-state index in [1.165, 1.54) is 31.7 Å². The van der Waals surface area contributed by atoms with Gasteiger partial charge in [0, 0.05) is 11.6 Å². The molecular formula is C14H15ClFN3O. The summed E-state index contributed by atoms with van der Waals surface area (Å²) in [6.07, 6.45) is 4.92. The molecule has 0 aliphatic heterocycles. The van der Waals surface area contributed by atoms with Gasteiger partial charge in [-0.1, -0.05) is 35.7 Å². The predicted molar refractivity (Wildman–Crippen MR) is 73.8 cm³/mol. The van der Waals surface area contributed by atoms with E-state index in [9.17, 15) is 4.39 Å². The van der Waals surface area contributed by atoms with Crippen LogP contribution in [0.1, 0.15) is 31.6 Å². The van der Waals surface area contributed by atoms with Gasteiger partial charge in [0.05, 0.1) is 11.6 Å². The molecule has 4 nitrogen and oxygen atoms in total. The van der Waals surface area contributed by atoms with Gasteiger partial charge in [-0.15, -0.1) is 0 Å². The number of nitrogens with zero attached hydrogens (tertiary/aromatic N) is 2. The summed E-state index contributed by atoms with van der Waals surface area (Å²) in [5.41, 5.74) is 0.447. The Morgan fingerprint density at radius 2 is 2.15 bits per heavy atom. The van der Waals surface area contributed by atoms with Crippen molar-refractivity contribution in [3.8, 4) is 11.4 Å². The fourth-order valence-electron chi connectivity index (χ4n) is 2.47. The van der Waals surface area contributed by atoms with E-state index in [1.54, 1.807) is 12.1 Å². The quantitative estimate of drug-likeness (QED) is 0.937. The molecule has 2 aromatic rings. The van der Waals surface area contributed by atoms with E-state index in [2.05, 4.69) is 15.5 Å². The molecule has 6 heteroatoms. The van der Waals surface area contributed by atoms with Gasteiger partial charge in [-0.2, -0.15) is 4.98 Å². The molecule has 0 radical (unpaired) electrons. The Balaban J connectivity index is 1.71. The molecule has 0 bridgehead atoms. The van der Waals surface area contributed by atoms with Crippen LogP contribution in [-0.2, 0) is 6.54 Å². The second-order valence-corrected chi connectivity index (χ2v) is 5.35. The first kappa shape index (κ1) is 13.5. The lowest BCUT2D eigenvalue weighted by molar-refractivity contribution is 0.357. The molecule has 1 aliphatic carbocycles. The summed E-state index contributed by atoms with van der Waals surface area (Å²) in [5.74, 6) is 0.324. The molecule has 1 aliphatic rings. The highest BCUT2D eigenvalue weighted by Crippen LogP contribution is 2.27. The Labute approximate surface area is 121 Å². The van der Waals surface area contributed by atoms with Gasteiger partial charge in [0.1, 0.15) is 5.82 Å². The summed E-state index contributed by atoms with van der Waals surface area (Å²) < 4.78 is 18.6. The predicted octanol–water partition coefficient (Wildman–Crippen LogP) is 3.56. The van der Waals surface area contributed by atoms with Crippen LogP contribution in [0.2, 0.25) is 5.02 Å². The first-order valence-corrected chi connectivity index (χ1v) is 7.12. The molecule has 0 spiro atoms. The van der Waals surface area contributed by atoms with Crippen molar-refractivity contribution in [1.29, 1.82) is 0 Å². The van der Waals surface area contributed by atoms with Crippen LogP contribution in [-0.4, -0.2) is 16.2 Å². The van der Waals surface area contributed by atoms with Gasteiger partial charge >= 0.3 is 0 Å². The lowest BCUT2D eigenvalue weighted by Crippen LogP contribution is -2.25. The minimum atomic E-state index is -0.486. The molecule has 0 unspecified atom stereocenters. The molecule has 1 saturated carbocycles. The molecule has 1 aromatic carbocycles. The summed E-state index contributed by atoms with van der Waals surface area (Å²) >= 11 is 5.91. The lowest BCUT2D eigenvalue weighted by atomic mass is 10.2. The van der Waals surface area contributed by atoms with Crippen LogP contribution in [0.3, 0.4) is 0 Å². The third-order valence-corrected chi connectivity index (χ3v) is 3.94. The van der Waals surface area contributed by atoms with Crippen molar-refractivity contribution in [2.75, 3.05) is 0 Å². The first-order chi connectivity index (χ1) is 9.74. The molecule has 0 saturated heterocycles. The van der Waals surface area contributed by atoms with Crippen LogP contribution in [0.5, 0.6) is 0 Å². The summed E-state index contributed by atoms with van der Waals surface area (Å²) in [5, 5.41) is 7.26. The minimum Gasteiger partial charge on any atom is -0.338 e. The molecule has 1 N–H and O–H groups in total. The third kappa shape index (κ3) is 2.83. The van der Waals surface area contributed by atoms with E-state index in [0.29, 0.717) is 29.9 Å². The Hall–Kier alpha value is -1.46. The zero-order valence-electron chi connectivity index (χ0n) is 10.9.